The molecule has 8 nitrogen and oxygen atoms in total. The van der Waals surface area contributed by atoms with Crippen molar-refractivity contribution in [1.29, 1.82) is 0 Å². The summed E-state index contributed by atoms with van der Waals surface area (Å²) < 4.78 is 8.36. The van der Waals surface area contributed by atoms with Gasteiger partial charge in [-0.1, -0.05) is 6.07 Å². The van der Waals surface area contributed by atoms with E-state index in [0.717, 1.165) is 40.8 Å². The minimum absolute atomic E-state index is 0.0128. The zero-order chi connectivity index (χ0) is 20.9. The molecule has 10 heteroatoms. The highest BCUT2D eigenvalue weighted by Gasteiger charge is 2.26. The third kappa shape index (κ3) is 3.12. The Kier molecular flexibility index (Phi) is 4.66. The minimum atomic E-state index is -0.307. The van der Waals surface area contributed by atoms with Gasteiger partial charge in [0.05, 0.1) is 23.5 Å². The second-order valence-corrected chi connectivity index (χ2v) is 9.93. The Bertz CT molecular complexity index is 1350. The molecule has 6 rings (SSSR count). The van der Waals surface area contributed by atoms with Crippen molar-refractivity contribution in [2.45, 2.75) is 32.2 Å². The largest absolute Gasteiger partial charge is 0.378 e. The summed E-state index contributed by atoms with van der Waals surface area (Å²) in [5, 5.41) is 7.52. The molecule has 4 aromatic heterocycles. The van der Waals surface area contributed by atoms with Crippen LogP contribution in [0.25, 0.3) is 26.6 Å². The number of carbonyl (C=O) groups excluding carboxylic acids is 1. The molecule has 0 aromatic carbocycles. The molecule has 31 heavy (non-hydrogen) atoms. The van der Waals surface area contributed by atoms with E-state index >= 15 is 0 Å². The average Bonchev–Trinajstić information content (AvgIpc) is 3.54. The molecule has 0 N–H and O–H groups in total. The fourth-order valence-electron chi connectivity index (χ4n) is 4.48. The molecular formula is C21H21N5O3S2. The van der Waals surface area contributed by atoms with E-state index in [1.807, 2.05) is 17.5 Å². The number of ether oxygens (including phenoxy) is 1. The van der Waals surface area contributed by atoms with Gasteiger partial charge in [0.1, 0.15) is 11.4 Å². The van der Waals surface area contributed by atoms with Crippen LogP contribution in [0.3, 0.4) is 0 Å². The zero-order valence-corrected chi connectivity index (χ0v) is 18.5. The van der Waals surface area contributed by atoms with Crippen molar-refractivity contribution in [2.75, 3.05) is 26.3 Å². The van der Waals surface area contributed by atoms with Crippen LogP contribution in [-0.4, -0.2) is 56.3 Å². The van der Waals surface area contributed by atoms with E-state index in [0.29, 0.717) is 37.8 Å². The summed E-state index contributed by atoms with van der Waals surface area (Å²) >= 11 is 3.19. The van der Waals surface area contributed by atoms with Crippen molar-refractivity contribution < 1.29 is 9.53 Å². The lowest BCUT2D eigenvalue weighted by atomic mass is 9.97. The Morgan fingerprint density at radius 3 is 2.84 bits per heavy atom. The van der Waals surface area contributed by atoms with E-state index in [9.17, 15) is 9.59 Å². The van der Waals surface area contributed by atoms with Gasteiger partial charge in [-0.25, -0.2) is 9.78 Å². The molecule has 0 spiro atoms. The van der Waals surface area contributed by atoms with Crippen LogP contribution in [-0.2, 0) is 28.9 Å². The Hall–Kier alpha value is -2.56. The van der Waals surface area contributed by atoms with Crippen LogP contribution in [0.5, 0.6) is 0 Å². The van der Waals surface area contributed by atoms with Crippen LogP contribution in [0.1, 0.15) is 23.3 Å². The number of rotatable bonds is 3. The van der Waals surface area contributed by atoms with Gasteiger partial charge in [-0.2, -0.15) is 4.52 Å². The smallest absolute Gasteiger partial charge is 0.352 e. The zero-order valence-electron chi connectivity index (χ0n) is 16.9. The molecule has 1 fully saturated rings. The van der Waals surface area contributed by atoms with Crippen LogP contribution in [0.2, 0.25) is 0 Å². The fourth-order valence-corrected chi connectivity index (χ4v) is 6.51. The number of aryl methyl sites for hydroxylation is 2. The predicted molar refractivity (Wildman–Crippen MR) is 120 cm³/mol. The van der Waals surface area contributed by atoms with Gasteiger partial charge in [-0.3, -0.25) is 9.36 Å². The number of thiophene rings is 2. The fraction of sp³-hybridized carbons (Fsp3) is 0.429. The monoisotopic (exact) mass is 455 g/mol. The molecule has 0 bridgehead atoms. The van der Waals surface area contributed by atoms with Crippen LogP contribution in [0, 0.1) is 0 Å². The molecule has 2 aliphatic rings. The predicted octanol–water partition coefficient (Wildman–Crippen LogP) is 2.57. The first-order chi connectivity index (χ1) is 15.2. The topological polar surface area (TPSA) is 81.7 Å². The number of hydrogen-bond acceptors (Lipinski definition) is 7. The van der Waals surface area contributed by atoms with Gasteiger partial charge in [0.2, 0.25) is 5.91 Å². The Labute approximate surface area is 185 Å². The molecule has 4 aromatic rings. The summed E-state index contributed by atoms with van der Waals surface area (Å²) in [5.41, 5.74) is 1.57. The quantitative estimate of drug-likeness (QED) is 0.474. The summed E-state index contributed by atoms with van der Waals surface area (Å²) in [5.74, 6) is 0.498. The molecule has 1 aliphatic carbocycles. The lowest BCUT2D eigenvalue weighted by Gasteiger charge is -2.27. The van der Waals surface area contributed by atoms with Crippen LogP contribution < -0.4 is 5.69 Å². The second-order valence-electron chi connectivity index (χ2n) is 7.90. The number of morpholine rings is 1. The Balaban J connectivity index is 1.56. The standard InChI is InChI=1S/C21H21N5O3S2/c27-16(24-7-9-29-10-8-24)12-25-20-17(13-4-1-2-5-14(13)31-20)19-22-18(15-6-3-11-30-15)23-26(19)21(25)28/h3,6,11H,1-2,4-5,7-10,12H2. The lowest BCUT2D eigenvalue weighted by Crippen LogP contribution is -2.44. The highest BCUT2D eigenvalue weighted by molar-refractivity contribution is 7.19. The van der Waals surface area contributed by atoms with Crippen LogP contribution in [0.15, 0.2) is 22.3 Å². The average molecular weight is 456 g/mol. The highest BCUT2D eigenvalue weighted by atomic mass is 32.1. The summed E-state index contributed by atoms with van der Waals surface area (Å²) in [6.45, 7) is 2.21. The maximum Gasteiger partial charge on any atom is 0.352 e. The van der Waals surface area contributed by atoms with Crippen LogP contribution >= 0.6 is 22.7 Å². The molecule has 0 unspecified atom stereocenters. The lowest BCUT2D eigenvalue weighted by molar-refractivity contribution is -0.135. The van der Waals surface area contributed by atoms with E-state index in [2.05, 4.69) is 5.10 Å². The molecule has 0 atom stereocenters. The molecule has 1 aliphatic heterocycles. The van der Waals surface area contributed by atoms with Gasteiger partial charge in [0, 0.05) is 18.0 Å². The molecule has 160 valence electrons. The highest BCUT2D eigenvalue weighted by Crippen LogP contribution is 2.38. The maximum atomic E-state index is 13.5. The first kappa shape index (κ1) is 19.1. The molecule has 1 amide bonds. The van der Waals surface area contributed by atoms with Crippen molar-refractivity contribution in [3.63, 3.8) is 0 Å². The summed E-state index contributed by atoms with van der Waals surface area (Å²) in [6.07, 6.45) is 4.27. The Morgan fingerprint density at radius 2 is 2.03 bits per heavy atom. The normalized spacial score (nSPS) is 16.8. The SMILES string of the molecule is O=C(Cn1c(=O)n2nc(-c3cccs3)nc2c2c3c(sc21)CCCC3)N1CCOCC1. The van der Waals surface area contributed by atoms with E-state index < -0.39 is 0 Å². The first-order valence-electron chi connectivity index (χ1n) is 10.5. The van der Waals surface area contributed by atoms with Gasteiger partial charge < -0.3 is 9.64 Å². The van der Waals surface area contributed by atoms with E-state index in [1.54, 1.807) is 32.1 Å². The molecule has 0 saturated carbocycles. The molecule has 5 heterocycles. The number of amides is 1. The van der Waals surface area contributed by atoms with E-state index in [4.69, 9.17) is 9.72 Å². The van der Waals surface area contributed by atoms with Crippen molar-refractivity contribution >= 4 is 44.4 Å². The Morgan fingerprint density at radius 1 is 1.19 bits per heavy atom. The summed E-state index contributed by atoms with van der Waals surface area (Å²) in [7, 11) is 0. The van der Waals surface area contributed by atoms with Gasteiger partial charge in [0.25, 0.3) is 0 Å². The second kappa shape index (κ2) is 7.54. The number of aromatic nitrogens is 4. The van der Waals surface area contributed by atoms with Crippen molar-refractivity contribution in [1.82, 2.24) is 24.1 Å². The van der Waals surface area contributed by atoms with Gasteiger partial charge in [-0.05, 0) is 42.7 Å². The third-order valence-corrected chi connectivity index (χ3v) is 8.22. The van der Waals surface area contributed by atoms with Gasteiger partial charge >= 0.3 is 5.69 Å². The minimum Gasteiger partial charge on any atom is -0.378 e. The van der Waals surface area contributed by atoms with E-state index in [-0.39, 0.29) is 18.1 Å². The summed E-state index contributed by atoms with van der Waals surface area (Å²) in [4.78, 5) is 36.1. The van der Waals surface area contributed by atoms with Crippen LogP contribution in [0.4, 0.5) is 0 Å². The number of hydrogen-bond donors (Lipinski definition) is 0. The summed E-state index contributed by atoms with van der Waals surface area (Å²) in [6, 6.07) is 3.91. The van der Waals surface area contributed by atoms with Crippen molar-refractivity contribution in [2.24, 2.45) is 0 Å². The van der Waals surface area contributed by atoms with Gasteiger partial charge in [0.15, 0.2) is 11.5 Å². The third-order valence-electron chi connectivity index (χ3n) is 6.04. The van der Waals surface area contributed by atoms with Gasteiger partial charge in [-0.15, -0.1) is 27.8 Å². The van der Waals surface area contributed by atoms with Crippen molar-refractivity contribution in [3.05, 3.63) is 38.4 Å². The van der Waals surface area contributed by atoms with Crippen molar-refractivity contribution in [3.8, 4) is 10.7 Å². The number of carbonyl (C=O) groups is 1. The number of nitrogens with zero attached hydrogens (tertiary/aromatic N) is 5. The maximum absolute atomic E-state index is 13.5. The van der Waals surface area contributed by atoms with E-state index in [1.165, 1.54) is 15.0 Å². The molecular weight excluding hydrogens is 434 g/mol. The molecule has 1 saturated heterocycles. The molecule has 0 radical (unpaired) electrons. The number of fused-ring (bicyclic) bond motifs is 5. The first-order valence-corrected chi connectivity index (χ1v) is 12.2.